The number of benzene rings is 2. The van der Waals surface area contributed by atoms with E-state index in [1.54, 1.807) is 13.8 Å². The van der Waals surface area contributed by atoms with Crippen LogP contribution in [-0.4, -0.2) is 26.2 Å². The van der Waals surface area contributed by atoms with E-state index in [2.05, 4.69) is 61.0 Å². The fourth-order valence-corrected chi connectivity index (χ4v) is 5.22. The van der Waals surface area contributed by atoms with E-state index in [1.807, 2.05) is 18.2 Å². The van der Waals surface area contributed by atoms with Crippen LogP contribution >= 0.6 is 0 Å². The number of hydrogen-bond donors (Lipinski definition) is 3. The van der Waals surface area contributed by atoms with Crippen molar-refractivity contribution in [2.24, 2.45) is 11.8 Å². The van der Waals surface area contributed by atoms with E-state index in [0.29, 0.717) is 11.8 Å². The van der Waals surface area contributed by atoms with Crippen molar-refractivity contribution in [2.45, 2.75) is 64.9 Å². The number of aliphatic carboxylic acids is 1. The second-order valence-corrected chi connectivity index (χ2v) is 10.7. The largest absolute Gasteiger partial charge is 0.481 e. The smallest absolute Gasteiger partial charge is 0.303 e. The molecule has 5 heteroatoms. The van der Waals surface area contributed by atoms with Crippen molar-refractivity contribution in [1.29, 1.82) is 0 Å². The molecule has 1 saturated carbocycles. The molecule has 194 valence electrons. The van der Waals surface area contributed by atoms with Crippen molar-refractivity contribution < 1.29 is 15.0 Å². The molecule has 0 spiro atoms. The van der Waals surface area contributed by atoms with Crippen molar-refractivity contribution >= 4 is 22.6 Å². The number of aromatic amines is 1. The number of fused-ring (bicyclic) bond motifs is 1. The molecule has 0 atom stereocenters. The number of carboxylic acid groups (broad SMARTS) is 1. The molecule has 1 heterocycles. The van der Waals surface area contributed by atoms with Crippen LogP contribution in [0.5, 0.6) is 0 Å². The minimum atomic E-state index is -0.902. The van der Waals surface area contributed by atoms with Gasteiger partial charge in [-0.2, -0.15) is 0 Å². The lowest BCUT2D eigenvalue weighted by Gasteiger charge is -2.28. The zero-order valence-electron chi connectivity index (χ0n) is 22.1. The third-order valence-corrected chi connectivity index (χ3v) is 7.42. The molecule has 0 bridgehead atoms. The van der Waals surface area contributed by atoms with Gasteiger partial charge in [0, 0.05) is 12.0 Å². The van der Waals surface area contributed by atoms with Crippen LogP contribution in [0.15, 0.2) is 72.8 Å². The third kappa shape index (κ3) is 6.66. The van der Waals surface area contributed by atoms with Gasteiger partial charge >= 0.3 is 5.97 Å². The molecular weight excluding hydrogens is 460 g/mol. The predicted molar refractivity (Wildman–Crippen MR) is 151 cm³/mol. The molecule has 3 N–H and O–H groups in total. The first-order chi connectivity index (χ1) is 17.6. The number of imidazole rings is 1. The van der Waals surface area contributed by atoms with Gasteiger partial charge in [-0.3, -0.25) is 4.79 Å². The van der Waals surface area contributed by atoms with Gasteiger partial charge in [0.15, 0.2) is 0 Å². The Balaban J connectivity index is 1.43. The summed E-state index contributed by atoms with van der Waals surface area (Å²) in [6, 6.07) is 14.0. The molecule has 0 saturated heterocycles. The Morgan fingerprint density at radius 2 is 1.81 bits per heavy atom. The van der Waals surface area contributed by atoms with Crippen LogP contribution in [0.4, 0.5) is 0 Å². The van der Waals surface area contributed by atoms with Gasteiger partial charge in [0.1, 0.15) is 5.82 Å². The van der Waals surface area contributed by atoms with Gasteiger partial charge in [0.2, 0.25) is 0 Å². The van der Waals surface area contributed by atoms with Crippen LogP contribution in [-0.2, 0) is 10.4 Å². The highest BCUT2D eigenvalue weighted by Gasteiger charge is 2.24. The van der Waals surface area contributed by atoms with Gasteiger partial charge in [-0.05, 0) is 92.2 Å². The van der Waals surface area contributed by atoms with Gasteiger partial charge in [0.25, 0.3) is 0 Å². The van der Waals surface area contributed by atoms with E-state index < -0.39 is 11.6 Å². The van der Waals surface area contributed by atoms with Crippen molar-refractivity contribution in [2.75, 3.05) is 0 Å². The summed E-state index contributed by atoms with van der Waals surface area (Å²) in [5.74, 6) is 0.906. The van der Waals surface area contributed by atoms with E-state index in [0.717, 1.165) is 71.2 Å². The normalized spacial score (nSPS) is 19.0. The van der Waals surface area contributed by atoms with Gasteiger partial charge in [-0.25, -0.2) is 4.98 Å². The Kier molecular flexibility index (Phi) is 8.13. The molecule has 1 aliphatic carbocycles. The number of nitrogens with one attached hydrogen (secondary N) is 1. The Labute approximate surface area is 219 Å². The van der Waals surface area contributed by atoms with Crippen LogP contribution in [0.2, 0.25) is 0 Å². The zero-order valence-corrected chi connectivity index (χ0v) is 22.1. The lowest BCUT2D eigenvalue weighted by atomic mass is 9.77. The fraction of sp³-hybridized carbons (Fsp3) is 0.375. The van der Waals surface area contributed by atoms with Crippen LogP contribution in [0.3, 0.4) is 0 Å². The Morgan fingerprint density at radius 1 is 1.11 bits per heavy atom. The summed E-state index contributed by atoms with van der Waals surface area (Å²) in [5.41, 5.74) is 6.05. The number of hydrogen-bond acceptors (Lipinski definition) is 3. The average molecular weight is 499 g/mol. The van der Waals surface area contributed by atoms with E-state index in [4.69, 9.17) is 10.1 Å². The van der Waals surface area contributed by atoms with Gasteiger partial charge < -0.3 is 15.2 Å². The lowest BCUT2D eigenvalue weighted by Crippen LogP contribution is -2.18. The highest BCUT2D eigenvalue weighted by Crippen LogP contribution is 2.36. The highest BCUT2D eigenvalue weighted by molar-refractivity contribution is 5.81. The van der Waals surface area contributed by atoms with Crippen molar-refractivity contribution in [3.05, 3.63) is 84.0 Å². The SMILES string of the molecule is C=C(/C=C\C(=CCC)C1CCC(CC(=O)O)CC1)c1ccc(-c2nc3ccc(C(C)(C)O)cc3[nH]2)cc1. The lowest BCUT2D eigenvalue weighted by molar-refractivity contribution is -0.138. The van der Waals surface area contributed by atoms with E-state index in [9.17, 15) is 9.90 Å². The number of nitrogens with zero attached hydrogens (tertiary/aromatic N) is 1. The van der Waals surface area contributed by atoms with Gasteiger partial charge in [-0.15, -0.1) is 0 Å². The van der Waals surface area contributed by atoms with E-state index >= 15 is 0 Å². The molecule has 1 fully saturated rings. The molecule has 1 aromatic heterocycles. The first kappa shape index (κ1) is 26.6. The number of aliphatic hydroxyl groups is 1. The number of H-pyrrole nitrogens is 1. The third-order valence-electron chi connectivity index (χ3n) is 7.42. The molecule has 2 aromatic carbocycles. The monoisotopic (exact) mass is 498 g/mol. The Morgan fingerprint density at radius 3 is 2.43 bits per heavy atom. The minimum absolute atomic E-state index is 0.290. The maximum Gasteiger partial charge on any atom is 0.303 e. The van der Waals surface area contributed by atoms with Gasteiger partial charge in [0.05, 0.1) is 16.6 Å². The topological polar surface area (TPSA) is 86.2 Å². The van der Waals surface area contributed by atoms with Crippen molar-refractivity contribution in [3.8, 4) is 11.4 Å². The summed E-state index contributed by atoms with van der Waals surface area (Å²) in [6.07, 6.45) is 11.9. The summed E-state index contributed by atoms with van der Waals surface area (Å²) in [5, 5.41) is 19.4. The van der Waals surface area contributed by atoms with Crippen molar-refractivity contribution in [3.63, 3.8) is 0 Å². The zero-order chi connectivity index (χ0) is 26.6. The summed E-state index contributed by atoms with van der Waals surface area (Å²) in [6.45, 7) is 10.00. The standard InChI is InChI=1S/C32H38N2O3/c1-5-6-24(25-11-8-22(9-12-25)19-30(35)36)10-7-21(2)23-13-15-26(16-14-23)31-33-28-18-17-27(32(3,4)37)20-29(28)34-31/h6-7,10,13-18,20,22,25,37H,2,5,8-9,11-12,19H2,1,3-4H3,(H,33,34)(H,35,36)/b10-7-,24-6?. The molecule has 0 unspecified atom stereocenters. The second kappa shape index (κ2) is 11.3. The quantitative estimate of drug-likeness (QED) is 0.265. The number of allylic oxidation sites excluding steroid dienone is 5. The molecule has 0 amide bonds. The first-order valence-electron chi connectivity index (χ1n) is 13.3. The first-order valence-corrected chi connectivity index (χ1v) is 13.3. The van der Waals surface area contributed by atoms with E-state index in [1.165, 1.54) is 5.57 Å². The van der Waals surface area contributed by atoms with Crippen molar-refractivity contribution in [1.82, 2.24) is 9.97 Å². The Hall–Kier alpha value is -3.44. The fourth-order valence-electron chi connectivity index (χ4n) is 5.22. The molecule has 0 aliphatic heterocycles. The summed E-state index contributed by atoms with van der Waals surface area (Å²) >= 11 is 0. The number of aromatic nitrogens is 2. The summed E-state index contributed by atoms with van der Waals surface area (Å²) < 4.78 is 0. The summed E-state index contributed by atoms with van der Waals surface area (Å²) in [4.78, 5) is 19.1. The molecule has 1 aliphatic rings. The van der Waals surface area contributed by atoms with Crippen LogP contribution in [0, 0.1) is 11.8 Å². The average Bonchev–Trinajstić information content (AvgIpc) is 3.30. The number of carbonyl (C=O) groups is 1. The molecule has 0 radical (unpaired) electrons. The molecule has 4 rings (SSSR count). The minimum Gasteiger partial charge on any atom is -0.481 e. The number of carboxylic acids is 1. The maximum absolute atomic E-state index is 11.0. The molecule has 5 nitrogen and oxygen atoms in total. The van der Waals surface area contributed by atoms with Crippen LogP contribution in [0.1, 0.15) is 70.4 Å². The molecule has 3 aromatic rings. The second-order valence-electron chi connectivity index (χ2n) is 10.7. The summed E-state index contributed by atoms with van der Waals surface area (Å²) in [7, 11) is 0. The Bertz CT molecular complexity index is 1310. The van der Waals surface area contributed by atoms with Crippen LogP contribution < -0.4 is 0 Å². The predicted octanol–water partition coefficient (Wildman–Crippen LogP) is 7.64. The van der Waals surface area contributed by atoms with Crippen LogP contribution in [0.25, 0.3) is 28.0 Å². The number of rotatable bonds is 9. The van der Waals surface area contributed by atoms with Gasteiger partial charge in [-0.1, -0.05) is 62.1 Å². The highest BCUT2D eigenvalue weighted by atomic mass is 16.4. The maximum atomic E-state index is 11.0. The van der Waals surface area contributed by atoms with E-state index in [-0.39, 0.29) is 6.42 Å². The molecular formula is C32H38N2O3. The molecule has 37 heavy (non-hydrogen) atoms.